The highest BCUT2D eigenvalue weighted by Crippen LogP contribution is 2.14. The fourth-order valence-corrected chi connectivity index (χ4v) is 1.87. The van der Waals surface area contributed by atoms with Crippen LogP contribution in [0.25, 0.3) is 0 Å². The second-order valence-corrected chi connectivity index (χ2v) is 4.71. The van der Waals surface area contributed by atoms with E-state index in [1.807, 2.05) is 25.7 Å². The molecule has 1 heterocycles. The molecule has 86 valence electrons. The Morgan fingerprint density at radius 3 is 2.73 bits per heavy atom. The predicted octanol–water partition coefficient (Wildman–Crippen LogP) is 1.55. The van der Waals surface area contributed by atoms with Crippen LogP contribution in [0.1, 0.15) is 34.1 Å². The van der Waals surface area contributed by atoms with Gasteiger partial charge in [0.2, 0.25) is 5.91 Å². The van der Waals surface area contributed by atoms with Crippen LogP contribution >= 0.6 is 0 Å². The van der Waals surface area contributed by atoms with Crippen LogP contribution in [0.2, 0.25) is 0 Å². The Hall–Kier alpha value is -0.830. The van der Waals surface area contributed by atoms with Gasteiger partial charge in [-0.2, -0.15) is 0 Å². The van der Waals surface area contributed by atoms with Crippen molar-refractivity contribution in [3.8, 4) is 0 Å². The topological polar surface area (TPSA) is 32.3 Å². The van der Waals surface area contributed by atoms with Gasteiger partial charge < -0.3 is 10.2 Å². The molecule has 0 fully saturated rings. The fraction of sp³-hybridized carbons (Fsp3) is 0.750. The third-order valence-corrected chi connectivity index (χ3v) is 2.88. The van der Waals surface area contributed by atoms with Crippen LogP contribution in [0.3, 0.4) is 0 Å². The number of rotatable bonds is 3. The molecule has 0 bridgehead atoms. The summed E-state index contributed by atoms with van der Waals surface area (Å²) in [4.78, 5) is 14.1. The average molecular weight is 210 g/mol. The number of hydrogen-bond donors (Lipinski definition) is 1. The summed E-state index contributed by atoms with van der Waals surface area (Å²) in [6, 6.07) is 0. The molecule has 3 heteroatoms. The van der Waals surface area contributed by atoms with Crippen molar-refractivity contribution < 1.29 is 4.79 Å². The molecule has 0 saturated carbocycles. The van der Waals surface area contributed by atoms with Crippen molar-refractivity contribution in [1.82, 2.24) is 10.2 Å². The molecule has 0 aromatic carbocycles. The van der Waals surface area contributed by atoms with Crippen LogP contribution in [0, 0.1) is 0 Å². The summed E-state index contributed by atoms with van der Waals surface area (Å²) >= 11 is 0. The van der Waals surface area contributed by atoms with E-state index in [0.717, 1.165) is 26.1 Å². The lowest BCUT2D eigenvalue weighted by molar-refractivity contribution is -0.136. The van der Waals surface area contributed by atoms with Gasteiger partial charge in [0.15, 0.2) is 0 Å². The zero-order chi connectivity index (χ0) is 11.5. The molecule has 3 nitrogen and oxygen atoms in total. The number of amides is 1. The lowest BCUT2D eigenvalue weighted by Gasteiger charge is -2.34. The highest BCUT2D eigenvalue weighted by molar-refractivity contribution is 5.85. The number of nitrogens with zero attached hydrogens (tertiary/aromatic N) is 1. The summed E-state index contributed by atoms with van der Waals surface area (Å²) in [6.07, 6.45) is 3.15. The number of hydrogen-bond acceptors (Lipinski definition) is 2. The van der Waals surface area contributed by atoms with Crippen LogP contribution in [0.15, 0.2) is 11.6 Å². The van der Waals surface area contributed by atoms with Crippen LogP contribution in [-0.4, -0.2) is 36.0 Å². The molecule has 0 spiro atoms. The SMILES string of the molecule is CCNC(C)(C)C(=O)N1CC=C(C)CC1. The number of carbonyl (C=O) groups excluding carboxylic acids is 1. The molecule has 0 aromatic rings. The van der Waals surface area contributed by atoms with E-state index in [4.69, 9.17) is 0 Å². The van der Waals surface area contributed by atoms with Crippen molar-refractivity contribution in [3.63, 3.8) is 0 Å². The Morgan fingerprint density at radius 2 is 2.27 bits per heavy atom. The molecule has 0 saturated heterocycles. The van der Waals surface area contributed by atoms with Crippen LogP contribution in [0.4, 0.5) is 0 Å². The molecule has 15 heavy (non-hydrogen) atoms. The molecule has 0 aromatic heterocycles. The minimum Gasteiger partial charge on any atom is -0.337 e. The monoisotopic (exact) mass is 210 g/mol. The zero-order valence-electron chi connectivity index (χ0n) is 10.3. The summed E-state index contributed by atoms with van der Waals surface area (Å²) in [6.45, 7) is 10.5. The van der Waals surface area contributed by atoms with Crippen molar-refractivity contribution in [1.29, 1.82) is 0 Å². The maximum atomic E-state index is 12.2. The van der Waals surface area contributed by atoms with Crippen molar-refractivity contribution in [3.05, 3.63) is 11.6 Å². The Bertz CT molecular complexity index is 269. The molecule has 0 aliphatic carbocycles. The molecule has 0 radical (unpaired) electrons. The first kappa shape index (κ1) is 12.2. The van der Waals surface area contributed by atoms with Crippen LogP contribution < -0.4 is 5.32 Å². The zero-order valence-corrected chi connectivity index (χ0v) is 10.3. The smallest absolute Gasteiger partial charge is 0.242 e. The molecule has 0 unspecified atom stereocenters. The Labute approximate surface area is 92.5 Å². The molecule has 0 atom stereocenters. The van der Waals surface area contributed by atoms with E-state index in [-0.39, 0.29) is 5.91 Å². The maximum absolute atomic E-state index is 12.2. The summed E-state index contributed by atoms with van der Waals surface area (Å²) < 4.78 is 0. The van der Waals surface area contributed by atoms with E-state index in [2.05, 4.69) is 18.3 Å². The first-order chi connectivity index (χ1) is 6.97. The van der Waals surface area contributed by atoms with Gasteiger partial charge in [0, 0.05) is 13.1 Å². The highest BCUT2D eigenvalue weighted by atomic mass is 16.2. The lowest BCUT2D eigenvalue weighted by atomic mass is 10.0. The van der Waals surface area contributed by atoms with Gasteiger partial charge in [-0.15, -0.1) is 0 Å². The maximum Gasteiger partial charge on any atom is 0.242 e. The summed E-state index contributed by atoms with van der Waals surface area (Å²) in [5, 5.41) is 3.22. The van der Waals surface area contributed by atoms with E-state index in [1.54, 1.807) is 0 Å². The van der Waals surface area contributed by atoms with E-state index in [1.165, 1.54) is 5.57 Å². The largest absolute Gasteiger partial charge is 0.337 e. The normalized spacial score (nSPS) is 17.6. The number of carbonyl (C=O) groups is 1. The fourth-order valence-electron chi connectivity index (χ4n) is 1.87. The minimum absolute atomic E-state index is 0.202. The van der Waals surface area contributed by atoms with Crippen molar-refractivity contribution in [2.24, 2.45) is 0 Å². The van der Waals surface area contributed by atoms with Crippen molar-refractivity contribution >= 4 is 5.91 Å². The molecular formula is C12H22N2O. The van der Waals surface area contributed by atoms with Gasteiger partial charge in [0.1, 0.15) is 0 Å². The third-order valence-electron chi connectivity index (χ3n) is 2.88. The van der Waals surface area contributed by atoms with E-state index < -0.39 is 5.54 Å². The van der Waals surface area contributed by atoms with Gasteiger partial charge in [0.25, 0.3) is 0 Å². The number of nitrogens with one attached hydrogen (secondary N) is 1. The highest BCUT2D eigenvalue weighted by Gasteiger charge is 2.31. The number of likely N-dealkylation sites (N-methyl/N-ethyl adjacent to an activating group) is 1. The van der Waals surface area contributed by atoms with E-state index >= 15 is 0 Å². The second kappa shape index (κ2) is 4.79. The Balaban J connectivity index is 2.61. The first-order valence-electron chi connectivity index (χ1n) is 5.67. The van der Waals surface area contributed by atoms with Gasteiger partial charge in [-0.05, 0) is 33.7 Å². The summed E-state index contributed by atoms with van der Waals surface area (Å²) in [5.74, 6) is 0.202. The molecule has 1 rings (SSSR count). The summed E-state index contributed by atoms with van der Waals surface area (Å²) in [7, 11) is 0. The Kier molecular flexibility index (Phi) is 3.91. The second-order valence-electron chi connectivity index (χ2n) is 4.71. The van der Waals surface area contributed by atoms with Gasteiger partial charge in [-0.1, -0.05) is 18.6 Å². The molecule has 1 amide bonds. The minimum atomic E-state index is -0.437. The van der Waals surface area contributed by atoms with Crippen LogP contribution in [-0.2, 0) is 4.79 Å². The van der Waals surface area contributed by atoms with Gasteiger partial charge in [-0.25, -0.2) is 0 Å². The Morgan fingerprint density at radius 1 is 1.60 bits per heavy atom. The molecule has 1 aliphatic rings. The molecule has 1 N–H and O–H groups in total. The first-order valence-corrected chi connectivity index (χ1v) is 5.67. The predicted molar refractivity (Wildman–Crippen MR) is 62.7 cm³/mol. The van der Waals surface area contributed by atoms with Gasteiger partial charge >= 0.3 is 0 Å². The van der Waals surface area contributed by atoms with Gasteiger partial charge in [-0.3, -0.25) is 4.79 Å². The van der Waals surface area contributed by atoms with Crippen LogP contribution in [0.5, 0.6) is 0 Å². The quantitative estimate of drug-likeness (QED) is 0.717. The molecular weight excluding hydrogens is 188 g/mol. The van der Waals surface area contributed by atoms with Crippen molar-refractivity contribution in [2.75, 3.05) is 19.6 Å². The summed E-state index contributed by atoms with van der Waals surface area (Å²) in [5.41, 5.74) is 0.953. The lowest BCUT2D eigenvalue weighted by Crippen LogP contribution is -2.54. The third kappa shape index (κ3) is 3.06. The standard InChI is InChI=1S/C12H22N2O/c1-5-13-12(3,4)11(15)14-8-6-10(2)7-9-14/h6,13H,5,7-9H2,1-4H3. The van der Waals surface area contributed by atoms with E-state index in [0.29, 0.717) is 0 Å². The van der Waals surface area contributed by atoms with Crippen molar-refractivity contribution in [2.45, 2.75) is 39.7 Å². The van der Waals surface area contributed by atoms with Gasteiger partial charge in [0.05, 0.1) is 5.54 Å². The average Bonchev–Trinajstić information content (AvgIpc) is 2.18. The van der Waals surface area contributed by atoms with E-state index in [9.17, 15) is 4.79 Å². The molecule has 1 aliphatic heterocycles.